The Morgan fingerprint density at radius 1 is 1.20 bits per heavy atom. The molecule has 0 amide bonds. The van der Waals surface area contributed by atoms with Gasteiger partial charge in [-0.05, 0) is 69.1 Å². The number of hydrogen-bond donors (Lipinski definition) is 1. The molecule has 188 valence electrons. The number of rotatable bonds is 10. The summed E-state index contributed by atoms with van der Waals surface area (Å²) in [5.74, 6) is 1.34. The normalized spacial score (nSPS) is 21.9. The fraction of sp³-hybridized carbons (Fsp3) is 0.593. The fourth-order valence-electron chi connectivity index (χ4n) is 4.92. The Hall–Kier alpha value is -2.24. The Balaban J connectivity index is 1.38. The number of methoxy groups -OCH3 is 1. The molecule has 3 heterocycles. The summed E-state index contributed by atoms with van der Waals surface area (Å²) in [7, 11) is 1.70. The standard InChI is InChI=1S/C27H35ClN4O3/c1-33-13-14-35-22-7-5-20(6-8-22)15-21-16-23(24(28)17-30-21)25-3-2-4-26(32-25)31-19-27(18-29)9-11-34-12-10-27/h2-4,16-17,20,22H,5-15,19H2,1H3,(H,31,32). The first-order valence-electron chi connectivity index (χ1n) is 12.6. The molecule has 4 rings (SSSR count). The molecule has 1 N–H and O–H groups in total. The summed E-state index contributed by atoms with van der Waals surface area (Å²) >= 11 is 6.54. The van der Waals surface area contributed by atoms with Gasteiger partial charge in [-0.25, -0.2) is 4.98 Å². The minimum atomic E-state index is -0.411. The molecule has 0 aromatic carbocycles. The monoisotopic (exact) mass is 498 g/mol. The fourth-order valence-corrected chi connectivity index (χ4v) is 5.12. The van der Waals surface area contributed by atoms with Crippen LogP contribution >= 0.6 is 11.6 Å². The minimum Gasteiger partial charge on any atom is -0.382 e. The lowest BCUT2D eigenvalue weighted by Gasteiger charge is -2.30. The number of halogens is 1. The molecule has 2 aromatic rings. The molecule has 0 radical (unpaired) electrons. The van der Waals surface area contributed by atoms with Crippen molar-refractivity contribution in [1.29, 1.82) is 5.26 Å². The van der Waals surface area contributed by atoms with Gasteiger partial charge in [0.2, 0.25) is 0 Å². The summed E-state index contributed by atoms with van der Waals surface area (Å²) in [5.41, 5.74) is 2.32. The molecule has 0 bridgehead atoms. The van der Waals surface area contributed by atoms with E-state index in [9.17, 15) is 5.26 Å². The van der Waals surface area contributed by atoms with E-state index in [0.717, 1.165) is 67.7 Å². The van der Waals surface area contributed by atoms with Gasteiger partial charge in [0, 0.05) is 44.3 Å². The van der Waals surface area contributed by atoms with E-state index in [4.69, 9.17) is 30.8 Å². The molecule has 1 aliphatic carbocycles. The molecule has 0 spiro atoms. The Labute approximate surface area is 213 Å². The van der Waals surface area contributed by atoms with Crippen LogP contribution < -0.4 is 5.32 Å². The Bertz CT molecular complexity index is 998. The number of pyridine rings is 2. The number of aromatic nitrogens is 2. The first kappa shape index (κ1) is 25.8. The van der Waals surface area contributed by atoms with Crippen molar-refractivity contribution in [2.45, 2.75) is 51.0 Å². The summed E-state index contributed by atoms with van der Waals surface area (Å²) in [6.07, 6.45) is 8.92. The van der Waals surface area contributed by atoms with Gasteiger partial charge in [0.15, 0.2) is 0 Å². The maximum absolute atomic E-state index is 9.71. The van der Waals surface area contributed by atoms with Crippen molar-refractivity contribution in [3.8, 4) is 17.3 Å². The molecule has 0 atom stereocenters. The van der Waals surface area contributed by atoms with E-state index in [1.165, 1.54) is 0 Å². The van der Waals surface area contributed by atoms with E-state index in [2.05, 4.69) is 22.4 Å². The molecule has 0 unspecified atom stereocenters. The first-order valence-corrected chi connectivity index (χ1v) is 12.9. The van der Waals surface area contributed by atoms with Crippen LogP contribution in [0.25, 0.3) is 11.3 Å². The summed E-state index contributed by atoms with van der Waals surface area (Å²) in [4.78, 5) is 9.40. The van der Waals surface area contributed by atoms with Crippen molar-refractivity contribution in [3.05, 3.63) is 41.2 Å². The van der Waals surface area contributed by atoms with Crippen LogP contribution in [0.15, 0.2) is 30.5 Å². The van der Waals surface area contributed by atoms with Gasteiger partial charge in [0.05, 0.1) is 41.5 Å². The third-order valence-electron chi connectivity index (χ3n) is 7.16. The quantitative estimate of drug-likeness (QED) is 0.445. The van der Waals surface area contributed by atoms with Crippen LogP contribution in [-0.4, -0.2) is 56.2 Å². The molecule has 1 saturated heterocycles. The molecule has 2 aliphatic rings. The molecule has 8 heteroatoms. The van der Waals surface area contributed by atoms with Gasteiger partial charge in [-0.1, -0.05) is 17.7 Å². The lowest BCUT2D eigenvalue weighted by atomic mass is 9.82. The summed E-state index contributed by atoms with van der Waals surface area (Å²) < 4.78 is 16.4. The first-order chi connectivity index (χ1) is 17.1. The van der Waals surface area contributed by atoms with Crippen LogP contribution in [-0.2, 0) is 20.6 Å². The Morgan fingerprint density at radius 2 is 2.00 bits per heavy atom. The summed E-state index contributed by atoms with van der Waals surface area (Å²) in [5, 5.41) is 13.7. The second kappa shape index (κ2) is 12.6. The van der Waals surface area contributed by atoms with Crippen molar-refractivity contribution in [2.75, 3.05) is 45.4 Å². The third kappa shape index (κ3) is 7.14. The molecule has 2 aromatic heterocycles. The van der Waals surface area contributed by atoms with Crippen molar-refractivity contribution >= 4 is 17.4 Å². The number of anilines is 1. The zero-order valence-electron chi connectivity index (χ0n) is 20.5. The van der Waals surface area contributed by atoms with Crippen LogP contribution in [0.3, 0.4) is 0 Å². The molecule has 7 nitrogen and oxygen atoms in total. The number of ether oxygens (including phenoxy) is 3. The predicted octanol–water partition coefficient (Wildman–Crippen LogP) is 5.29. The van der Waals surface area contributed by atoms with Gasteiger partial charge in [0.1, 0.15) is 5.82 Å². The summed E-state index contributed by atoms with van der Waals surface area (Å²) in [6.45, 7) is 3.12. The largest absolute Gasteiger partial charge is 0.382 e. The van der Waals surface area contributed by atoms with Crippen LogP contribution in [0, 0.1) is 22.7 Å². The van der Waals surface area contributed by atoms with Gasteiger partial charge >= 0.3 is 0 Å². The Kier molecular flexibility index (Phi) is 9.33. The topological polar surface area (TPSA) is 89.3 Å². The van der Waals surface area contributed by atoms with Gasteiger partial charge < -0.3 is 19.5 Å². The van der Waals surface area contributed by atoms with Crippen molar-refractivity contribution < 1.29 is 14.2 Å². The van der Waals surface area contributed by atoms with Gasteiger partial charge in [0.25, 0.3) is 0 Å². The molecule has 1 aliphatic heterocycles. The van der Waals surface area contributed by atoms with Crippen LogP contribution in [0.1, 0.15) is 44.2 Å². The Morgan fingerprint density at radius 3 is 2.74 bits per heavy atom. The van der Waals surface area contributed by atoms with E-state index in [0.29, 0.717) is 50.0 Å². The number of nitriles is 1. The van der Waals surface area contributed by atoms with Crippen molar-refractivity contribution in [3.63, 3.8) is 0 Å². The van der Waals surface area contributed by atoms with Crippen LogP contribution in [0.2, 0.25) is 5.02 Å². The van der Waals surface area contributed by atoms with Crippen LogP contribution in [0.5, 0.6) is 0 Å². The zero-order chi connectivity index (χ0) is 24.5. The van der Waals surface area contributed by atoms with E-state index in [1.54, 1.807) is 13.3 Å². The molecular formula is C27H35ClN4O3. The minimum absolute atomic E-state index is 0.343. The number of nitrogens with zero attached hydrogens (tertiary/aromatic N) is 3. The van der Waals surface area contributed by atoms with E-state index >= 15 is 0 Å². The van der Waals surface area contributed by atoms with Gasteiger partial charge in [-0.15, -0.1) is 0 Å². The molecule has 35 heavy (non-hydrogen) atoms. The smallest absolute Gasteiger partial charge is 0.126 e. The molecule has 2 fully saturated rings. The second-order valence-corrected chi connectivity index (χ2v) is 10.0. The SMILES string of the molecule is COCCOC1CCC(Cc2cc(-c3cccc(NCC4(C#N)CCOCC4)n3)c(Cl)cn2)CC1. The van der Waals surface area contributed by atoms with E-state index in [-0.39, 0.29) is 0 Å². The van der Waals surface area contributed by atoms with Crippen molar-refractivity contribution in [2.24, 2.45) is 11.3 Å². The van der Waals surface area contributed by atoms with Crippen LogP contribution in [0.4, 0.5) is 5.82 Å². The number of nitrogens with one attached hydrogen (secondary N) is 1. The van der Waals surface area contributed by atoms with Gasteiger partial charge in [-0.3, -0.25) is 4.98 Å². The number of hydrogen-bond acceptors (Lipinski definition) is 7. The van der Waals surface area contributed by atoms with Gasteiger partial charge in [-0.2, -0.15) is 5.26 Å². The summed E-state index contributed by atoms with van der Waals surface area (Å²) in [6, 6.07) is 10.4. The highest BCUT2D eigenvalue weighted by molar-refractivity contribution is 6.33. The lowest BCUT2D eigenvalue weighted by Crippen LogP contribution is -2.34. The maximum Gasteiger partial charge on any atom is 0.126 e. The molecular weight excluding hydrogens is 464 g/mol. The predicted molar refractivity (Wildman–Crippen MR) is 136 cm³/mol. The third-order valence-corrected chi connectivity index (χ3v) is 7.47. The zero-order valence-corrected chi connectivity index (χ0v) is 21.2. The lowest BCUT2D eigenvalue weighted by molar-refractivity contribution is -0.00749. The maximum atomic E-state index is 9.71. The average Bonchev–Trinajstić information content (AvgIpc) is 2.90. The van der Waals surface area contributed by atoms with Crippen molar-refractivity contribution in [1.82, 2.24) is 9.97 Å². The average molecular weight is 499 g/mol. The second-order valence-electron chi connectivity index (χ2n) is 9.63. The highest BCUT2D eigenvalue weighted by Crippen LogP contribution is 2.33. The highest BCUT2D eigenvalue weighted by Gasteiger charge is 2.32. The highest BCUT2D eigenvalue weighted by atomic mass is 35.5. The molecule has 1 saturated carbocycles. The van der Waals surface area contributed by atoms with E-state index < -0.39 is 5.41 Å². The van der Waals surface area contributed by atoms with E-state index in [1.807, 2.05) is 18.2 Å².